The summed E-state index contributed by atoms with van der Waals surface area (Å²) in [6, 6.07) is 18.8. The summed E-state index contributed by atoms with van der Waals surface area (Å²) in [5, 5.41) is 5.64. The number of carbonyl (C=O) groups excluding carboxylic acids is 4. The topological polar surface area (TPSA) is 166 Å². The van der Waals surface area contributed by atoms with Crippen LogP contribution in [0.4, 0.5) is 9.59 Å². The van der Waals surface area contributed by atoms with E-state index in [0.29, 0.717) is 106 Å². The number of carbonyl (C=O) groups is 4. The summed E-state index contributed by atoms with van der Waals surface area (Å²) < 4.78 is 46.4. The highest BCUT2D eigenvalue weighted by Gasteiger charge is 2.48. The van der Waals surface area contributed by atoms with Gasteiger partial charge in [-0.3, -0.25) is 0 Å². The fourth-order valence-corrected chi connectivity index (χ4v) is 8.82. The average Bonchev–Trinajstić information content (AvgIpc) is 3.31. The zero-order valence-electron chi connectivity index (χ0n) is 41.1. The second-order valence-electron chi connectivity index (χ2n) is 19.2. The molecule has 0 aliphatic heterocycles. The number of alkyl carbamates (subject to hydrolysis) is 2. The van der Waals surface area contributed by atoms with Crippen LogP contribution in [0.25, 0.3) is 0 Å². The first-order chi connectivity index (χ1) is 32.7. The number of esters is 2. The van der Waals surface area contributed by atoms with Gasteiger partial charge >= 0.3 is 24.1 Å². The molecule has 2 saturated carbocycles. The third-order valence-corrected chi connectivity index (χ3v) is 12.5. The predicted octanol–water partition coefficient (Wildman–Crippen LogP) is 9.97. The van der Waals surface area contributed by atoms with E-state index in [2.05, 4.69) is 50.3 Å². The number of rotatable bonds is 32. The lowest BCUT2D eigenvalue weighted by Crippen LogP contribution is -2.47. The molecule has 2 fully saturated rings. The van der Waals surface area contributed by atoms with Gasteiger partial charge in [-0.2, -0.15) is 0 Å². The van der Waals surface area contributed by atoms with Crippen LogP contribution in [0.5, 0.6) is 11.5 Å². The van der Waals surface area contributed by atoms with Crippen molar-refractivity contribution in [1.29, 1.82) is 0 Å². The molecule has 0 radical (unpaired) electrons. The molecule has 2 aromatic carbocycles. The molecule has 2 aliphatic carbocycles. The van der Waals surface area contributed by atoms with Crippen molar-refractivity contribution in [2.45, 2.75) is 111 Å². The Bertz CT molecular complexity index is 1870. The zero-order chi connectivity index (χ0) is 49.2. The number of benzene rings is 2. The Morgan fingerprint density at radius 2 is 1.10 bits per heavy atom. The van der Waals surface area contributed by atoms with Gasteiger partial charge in [0.25, 0.3) is 0 Å². The standard InChI is InChI=1S/C54H78N2O12/c1-8-42-31-53(6,38-61-34-46(36-65-44-21-13-9-14-22-44)67-51(59)55-27-17-11-19-29-63-49(57)40(2)3)26-25-48(42)43-32-54(7,33-43)39-62-35-47(37-66-45-23-15-10-16-24-45)68-52(60)56-28-18-12-20-30-64-50(58)41(4)5/h8-10,13-16,21-24,42-43,46-48H,1-2,4,11-12,17-20,25-39H2,3,5-7H3,(H,55,59)(H,56,60). The zero-order valence-corrected chi connectivity index (χ0v) is 41.1. The first-order valence-electron chi connectivity index (χ1n) is 24.4. The number of allylic oxidation sites excluding steroid dienone is 1. The Morgan fingerprint density at radius 1 is 0.647 bits per heavy atom. The SMILES string of the molecule is C=CC1CC(C)(COCC(COc2ccccc2)OC(=O)NCCCCCOC(=O)C(=C)C)CCC1C1CC(C)(COCC(COc2ccccc2)OC(=O)NCCCCCOC(=O)C(=C)C)C1. The first kappa shape index (κ1) is 55.3. The third kappa shape index (κ3) is 20.9. The Hall–Kier alpha value is -5.34. The van der Waals surface area contributed by atoms with Crippen LogP contribution in [-0.4, -0.2) is 102 Å². The van der Waals surface area contributed by atoms with Crippen LogP contribution in [0.3, 0.4) is 0 Å². The highest BCUT2D eigenvalue weighted by molar-refractivity contribution is 5.87. The molecular formula is C54H78N2O12. The van der Waals surface area contributed by atoms with Crippen LogP contribution in [0, 0.1) is 28.6 Å². The summed E-state index contributed by atoms with van der Waals surface area (Å²) in [4.78, 5) is 48.7. The molecule has 0 heterocycles. The minimum atomic E-state index is -0.619. The molecule has 2 aliphatic rings. The molecular weight excluding hydrogens is 869 g/mol. The van der Waals surface area contributed by atoms with E-state index in [1.807, 2.05) is 60.7 Å². The van der Waals surface area contributed by atoms with Crippen molar-refractivity contribution in [3.8, 4) is 11.5 Å². The molecule has 5 unspecified atom stereocenters. The van der Waals surface area contributed by atoms with Gasteiger partial charge < -0.3 is 48.5 Å². The third-order valence-electron chi connectivity index (χ3n) is 12.5. The summed E-state index contributed by atoms with van der Waals surface area (Å²) in [5.74, 6) is 1.99. The molecule has 5 atom stereocenters. The van der Waals surface area contributed by atoms with Gasteiger partial charge in [0.15, 0.2) is 12.2 Å². The average molecular weight is 947 g/mol. The van der Waals surface area contributed by atoms with Crippen molar-refractivity contribution >= 4 is 24.1 Å². The predicted molar refractivity (Wildman–Crippen MR) is 261 cm³/mol. The fraction of sp³-hybridized carbons (Fsp3) is 0.593. The highest BCUT2D eigenvalue weighted by atomic mass is 16.6. The lowest BCUT2D eigenvalue weighted by atomic mass is 9.53. The van der Waals surface area contributed by atoms with Crippen molar-refractivity contribution in [2.24, 2.45) is 28.6 Å². The van der Waals surface area contributed by atoms with E-state index in [4.69, 9.17) is 37.9 Å². The van der Waals surface area contributed by atoms with Crippen molar-refractivity contribution in [3.63, 3.8) is 0 Å². The molecule has 2 N–H and O–H groups in total. The van der Waals surface area contributed by atoms with Crippen molar-refractivity contribution < 1.29 is 57.1 Å². The Balaban J connectivity index is 1.18. The van der Waals surface area contributed by atoms with Gasteiger partial charge in [-0.05, 0) is 137 Å². The number of ether oxygens (including phenoxy) is 8. The summed E-state index contributed by atoms with van der Waals surface area (Å²) in [6.45, 7) is 22.5. The lowest BCUT2D eigenvalue weighted by Gasteiger charge is -2.53. The summed E-state index contributed by atoms with van der Waals surface area (Å²) in [5.41, 5.74) is 0.688. The van der Waals surface area contributed by atoms with Gasteiger partial charge in [0, 0.05) is 24.2 Å². The van der Waals surface area contributed by atoms with Crippen LogP contribution in [-0.2, 0) is 38.0 Å². The highest BCUT2D eigenvalue weighted by Crippen LogP contribution is 2.56. The maximum absolute atomic E-state index is 12.8. The minimum absolute atomic E-state index is 0.0103. The molecule has 2 aromatic rings. The van der Waals surface area contributed by atoms with E-state index in [1.54, 1.807) is 13.8 Å². The first-order valence-corrected chi connectivity index (χ1v) is 24.4. The molecule has 68 heavy (non-hydrogen) atoms. The van der Waals surface area contributed by atoms with Gasteiger partial charge in [0.2, 0.25) is 0 Å². The molecule has 0 saturated heterocycles. The maximum Gasteiger partial charge on any atom is 0.407 e. The fourth-order valence-electron chi connectivity index (χ4n) is 8.82. The van der Waals surface area contributed by atoms with Crippen LogP contribution < -0.4 is 20.1 Å². The monoisotopic (exact) mass is 947 g/mol. The number of amides is 2. The maximum atomic E-state index is 12.8. The molecule has 0 bridgehead atoms. The molecule has 4 rings (SSSR count). The largest absolute Gasteiger partial charge is 0.490 e. The second kappa shape index (κ2) is 29.5. The summed E-state index contributed by atoms with van der Waals surface area (Å²) in [7, 11) is 0. The van der Waals surface area contributed by atoms with Crippen LogP contribution in [0.15, 0.2) is 97.6 Å². The van der Waals surface area contributed by atoms with Crippen LogP contribution >= 0.6 is 0 Å². The molecule has 0 spiro atoms. The number of hydrogen-bond donors (Lipinski definition) is 2. The molecule has 376 valence electrons. The number of nitrogens with one attached hydrogen (secondary N) is 2. The van der Waals surface area contributed by atoms with Gasteiger partial charge in [0.1, 0.15) is 24.7 Å². The van der Waals surface area contributed by atoms with E-state index in [-0.39, 0.29) is 37.3 Å². The van der Waals surface area contributed by atoms with E-state index >= 15 is 0 Å². The number of hydrogen-bond acceptors (Lipinski definition) is 12. The van der Waals surface area contributed by atoms with Crippen molar-refractivity contribution in [3.05, 3.63) is 97.6 Å². The second-order valence-corrected chi connectivity index (χ2v) is 19.2. The van der Waals surface area contributed by atoms with Crippen LogP contribution in [0.2, 0.25) is 0 Å². The number of unbranched alkanes of at least 4 members (excludes halogenated alkanes) is 4. The molecule has 14 nitrogen and oxygen atoms in total. The van der Waals surface area contributed by atoms with Crippen molar-refractivity contribution in [2.75, 3.05) is 65.9 Å². The van der Waals surface area contributed by atoms with Crippen molar-refractivity contribution in [1.82, 2.24) is 10.6 Å². The van der Waals surface area contributed by atoms with Gasteiger partial charge in [0.05, 0.1) is 39.6 Å². The van der Waals surface area contributed by atoms with E-state index in [1.165, 1.54) is 0 Å². The smallest absolute Gasteiger partial charge is 0.407 e. The van der Waals surface area contributed by atoms with Crippen LogP contribution in [0.1, 0.15) is 98.3 Å². The molecule has 2 amide bonds. The van der Waals surface area contributed by atoms with Gasteiger partial charge in [-0.25, -0.2) is 19.2 Å². The van der Waals surface area contributed by atoms with Gasteiger partial charge in [-0.15, -0.1) is 6.58 Å². The van der Waals surface area contributed by atoms with E-state index < -0.39 is 36.3 Å². The Morgan fingerprint density at radius 3 is 1.54 bits per heavy atom. The molecule has 14 heteroatoms. The minimum Gasteiger partial charge on any atom is -0.490 e. The number of para-hydroxylation sites is 2. The van der Waals surface area contributed by atoms with E-state index in [9.17, 15) is 19.2 Å². The Labute approximate surface area is 404 Å². The lowest BCUT2D eigenvalue weighted by molar-refractivity contribution is -0.139. The summed E-state index contributed by atoms with van der Waals surface area (Å²) in [6.07, 6.45) is 9.32. The molecule has 0 aromatic heterocycles. The van der Waals surface area contributed by atoms with E-state index in [0.717, 1.165) is 44.9 Å². The Kier molecular flexibility index (Phi) is 24.0. The van der Waals surface area contributed by atoms with Gasteiger partial charge in [-0.1, -0.05) is 69.5 Å². The normalized spacial score (nSPS) is 21.7. The quantitative estimate of drug-likeness (QED) is 0.0235. The summed E-state index contributed by atoms with van der Waals surface area (Å²) >= 11 is 0.